The molecule has 14 heavy (non-hydrogen) atoms. The summed E-state index contributed by atoms with van der Waals surface area (Å²) in [4.78, 5) is 11.0. The summed E-state index contributed by atoms with van der Waals surface area (Å²) in [5.41, 5.74) is 5.99. The first kappa shape index (κ1) is 13.6. The molecule has 0 saturated carbocycles. The van der Waals surface area contributed by atoms with Crippen molar-refractivity contribution in [3.63, 3.8) is 0 Å². The van der Waals surface area contributed by atoms with Gasteiger partial charge in [0.15, 0.2) is 0 Å². The zero-order valence-electron chi connectivity index (χ0n) is 10.0. The molecule has 0 rings (SSSR count). The minimum atomic E-state index is 0.124. The van der Waals surface area contributed by atoms with Crippen molar-refractivity contribution in [3.8, 4) is 0 Å². The quantitative estimate of drug-likeness (QED) is 0.685. The molecule has 0 aliphatic rings. The summed E-state index contributed by atoms with van der Waals surface area (Å²) in [6.07, 6.45) is 4.34. The Hall–Kier alpha value is -0.370. The van der Waals surface area contributed by atoms with Crippen LogP contribution in [0.15, 0.2) is 0 Å². The van der Waals surface area contributed by atoms with Crippen molar-refractivity contribution in [2.45, 2.75) is 59.4 Å². The molecular formula is C12H25NO. The molecule has 0 heterocycles. The minimum Gasteiger partial charge on any atom is -0.328 e. The van der Waals surface area contributed by atoms with Gasteiger partial charge in [-0.15, -0.1) is 0 Å². The van der Waals surface area contributed by atoms with E-state index in [4.69, 9.17) is 5.73 Å². The Morgan fingerprint density at radius 1 is 1.29 bits per heavy atom. The average molecular weight is 199 g/mol. The molecule has 0 amide bonds. The maximum Gasteiger partial charge on any atom is 0.132 e. The molecule has 0 aromatic rings. The fourth-order valence-electron chi connectivity index (χ4n) is 1.84. The van der Waals surface area contributed by atoms with Crippen LogP contribution >= 0.6 is 0 Å². The van der Waals surface area contributed by atoms with Crippen LogP contribution < -0.4 is 5.73 Å². The van der Waals surface area contributed by atoms with Gasteiger partial charge in [0.25, 0.3) is 0 Å². The maximum atomic E-state index is 11.0. The van der Waals surface area contributed by atoms with Crippen LogP contribution in [0.1, 0.15) is 53.4 Å². The van der Waals surface area contributed by atoms with Crippen molar-refractivity contribution in [1.29, 1.82) is 0 Å². The van der Waals surface area contributed by atoms with Gasteiger partial charge in [-0.2, -0.15) is 0 Å². The van der Waals surface area contributed by atoms with Gasteiger partial charge in [-0.05, 0) is 25.7 Å². The first-order valence-electron chi connectivity index (χ1n) is 5.73. The van der Waals surface area contributed by atoms with Crippen LogP contribution in [0.2, 0.25) is 0 Å². The highest BCUT2D eigenvalue weighted by molar-refractivity contribution is 5.77. The van der Waals surface area contributed by atoms with Crippen LogP contribution in [0.4, 0.5) is 0 Å². The van der Waals surface area contributed by atoms with Crippen molar-refractivity contribution in [3.05, 3.63) is 0 Å². The Labute approximate surface area is 88.3 Å². The summed E-state index contributed by atoms with van der Waals surface area (Å²) in [5.74, 6) is 1.07. The third-order valence-electron chi connectivity index (χ3n) is 2.84. The SMILES string of the molecule is CCCC(C)CC(N)CC(C)C(C)=O. The van der Waals surface area contributed by atoms with Crippen molar-refractivity contribution in [2.24, 2.45) is 17.6 Å². The van der Waals surface area contributed by atoms with Gasteiger partial charge in [-0.25, -0.2) is 0 Å². The van der Waals surface area contributed by atoms with E-state index >= 15 is 0 Å². The van der Waals surface area contributed by atoms with Crippen molar-refractivity contribution < 1.29 is 4.79 Å². The van der Waals surface area contributed by atoms with E-state index in [0.29, 0.717) is 5.92 Å². The molecule has 0 spiro atoms. The number of hydrogen-bond acceptors (Lipinski definition) is 2. The smallest absolute Gasteiger partial charge is 0.132 e. The Morgan fingerprint density at radius 3 is 2.29 bits per heavy atom. The maximum absolute atomic E-state index is 11.0. The van der Waals surface area contributed by atoms with Crippen LogP contribution in [0.25, 0.3) is 0 Å². The number of nitrogens with two attached hydrogens (primary N) is 1. The minimum absolute atomic E-state index is 0.124. The van der Waals surface area contributed by atoms with Crippen LogP contribution in [0, 0.1) is 11.8 Å². The van der Waals surface area contributed by atoms with E-state index in [1.807, 2.05) is 6.92 Å². The molecule has 0 fully saturated rings. The molecule has 3 atom stereocenters. The third kappa shape index (κ3) is 6.14. The molecule has 84 valence electrons. The molecular weight excluding hydrogens is 174 g/mol. The molecule has 0 radical (unpaired) electrons. The first-order valence-corrected chi connectivity index (χ1v) is 5.73. The topological polar surface area (TPSA) is 43.1 Å². The monoisotopic (exact) mass is 199 g/mol. The van der Waals surface area contributed by atoms with Gasteiger partial charge < -0.3 is 5.73 Å². The molecule has 3 unspecified atom stereocenters. The molecule has 0 aromatic heterocycles. The second-order valence-electron chi connectivity index (χ2n) is 4.64. The van der Waals surface area contributed by atoms with Gasteiger partial charge in [0.2, 0.25) is 0 Å². The highest BCUT2D eigenvalue weighted by atomic mass is 16.1. The Kier molecular flexibility index (Phi) is 6.81. The number of ketones is 1. The van der Waals surface area contributed by atoms with E-state index in [1.54, 1.807) is 6.92 Å². The molecule has 0 aliphatic carbocycles. The van der Waals surface area contributed by atoms with Gasteiger partial charge in [0.05, 0.1) is 0 Å². The van der Waals surface area contributed by atoms with E-state index in [2.05, 4.69) is 13.8 Å². The zero-order valence-corrected chi connectivity index (χ0v) is 10.0. The lowest BCUT2D eigenvalue weighted by molar-refractivity contribution is -0.120. The van der Waals surface area contributed by atoms with Crippen LogP contribution in [0.3, 0.4) is 0 Å². The number of carbonyl (C=O) groups is 1. The van der Waals surface area contributed by atoms with Crippen LogP contribution in [-0.4, -0.2) is 11.8 Å². The van der Waals surface area contributed by atoms with E-state index < -0.39 is 0 Å². The first-order chi connectivity index (χ1) is 6.47. The predicted molar refractivity (Wildman–Crippen MR) is 61.1 cm³/mol. The summed E-state index contributed by atoms with van der Waals surface area (Å²) in [5, 5.41) is 0. The molecule has 0 bridgehead atoms. The Bertz CT molecular complexity index is 168. The van der Waals surface area contributed by atoms with Crippen LogP contribution in [0.5, 0.6) is 0 Å². The summed E-state index contributed by atoms with van der Waals surface area (Å²) < 4.78 is 0. The summed E-state index contributed by atoms with van der Waals surface area (Å²) in [7, 11) is 0. The molecule has 0 aromatic carbocycles. The Morgan fingerprint density at radius 2 is 1.86 bits per heavy atom. The molecule has 2 heteroatoms. The predicted octanol–water partition coefficient (Wildman–Crippen LogP) is 2.76. The zero-order chi connectivity index (χ0) is 11.1. The van der Waals surface area contributed by atoms with Gasteiger partial charge in [0, 0.05) is 12.0 Å². The number of rotatable bonds is 7. The van der Waals surface area contributed by atoms with Gasteiger partial charge in [-0.1, -0.05) is 33.6 Å². The van der Waals surface area contributed by atoms with Crippen molar-refractivity contribution >= 4 is 5.78 Å². The van der Waals surface area contributed by atoms with Crippen molar-refractivity contribution in [1.82, 2.24) is 0 Å². The number of hydrogen-bond donors (Lipinski definition) is 1. The lowest BCUT2D eigenvalue weighted by Gasteiger charge is -2.18. The lowest BCUT2D eigenvalue weighted by atomic mass is 9.91. The molecule has 2 N–H and O–H groups in total. The number of Topliss-reactive ketones (excluding diaryl/α,β-unsaturated/α-hetero) is 1. The fourth-order valence-corrected chi connectivity index (χ4v) is 1.84. The summed E-state index contributed by atoms with van der Waals surface area (Å²) >= 11 is 0. The van der Waals surface area contributed by atoms with Gasteiger partial charge >= 0.3 is 0 Å². The van der Waals surface area contributed by atoms with E-state index in [0.717, 1.165) is 12.8 Å². The van der Waals surface area contributed by atoms with Gasteiger partial charge in [-0.3, -0.25) is 4.79 Å². The van der Waals surface area contributed by atoms with Crippen LogP contribution in [-0.2, 0) is 4.79 Å². The standard InChI is InChI=1S/C12H25NO/c1-5-6-9(2)7-12(13)8-10(3)11(4)14/h9-10,12H,5-8,13H2,1-4H3. The van der Waals surface area contributed by atoms with Gasteiger partial charge in [0.1, 0.15) is 5.78 Å². The number of carbonyl (C=O) groups excluding carboxylic acids is 1. The normalized spacial score (nSPS) is 17.5. The molecule has 0 aliphatic heterocycles. The Balaban J connectivity index is 3.74. The molecule has 0 saturated heterocycles. The average Bonchev–Trinajstić information content (AvgIpc) is 2.03. The van der Waals surface area contributed by atoms with Crippen molar-refractivity contribution in [2.75, 3.05) is 0 Å². The summed E-state index contributed by atoms with van der Waals surface area (Å²) in [6.45, 7) is 8.04. The van der Waals surface area contributed by atoms with E-state index in [-0.39, 0.29) is 17.7 Å². The highest BCUT2D eigenvalue weighted by Crippen LogP contribution is 2.16. The van der Waals surface area contributed by atoms with E-state index in [1.165, 1.54) is 12.8 Å². The largest absolute Gasteiger partial charge is 0.328 e. The summed E-state index contributed by atoms with van der Waals surface area (Å²) in [6, 6.07) is 0.190. The second-order valence-corrected chi connectivity index (χ2v) is 4.64. The lowest BCUT2D eigenvalue weighted by Crippen LogP contribution is -2.27. The fraction of sp³-hybridized carbons (Fsp3) is 0.917. The highest BCUT2D eigenvalue weighted by Gasteiger charge is 2.14. The third-order valence-corrected chi connectivity index (χ3v) is 2.84. The van der Waals surface area contributed by atoms with E-state index in [9.17, 15) is 4.79 Å². The molecule has 2 nitrogen and oxygen atoms in total. The second kappa shape index (κ2) is 6.99.